The van der Waals surface area contributed by atoms with Gasteiger partial charge < -0.3 is 10.5 Å². The van der Waals surface area contributed by atoms with Crippen LogP contribution in [0.15, 0.2) is 29.8 Å². The van der Waals surface area contributed by atoms with Gasteiger partial charge >= 0.3 is 0 Å². The van der Waals surface area contributed by atoms with Crippen LogP contribution in [0.5, 0.6) is 5.75 Å². The average molecular weight is 203 g/mol. The van der Waals surface area contributed by atoms with E-state index in [4.69, 9.17) is 10.5 Å². The fourth-order valence-corrected chi connectivity index (χ4v) is 1.76. The zero-order valence-corrected chi connectivity index (χ0v) is 9.07. The van der Waals surface area contributed by atoms with Crippen LogP contribution < -0.4 is 10.5 Å². The number of benzene rings is 1. The van der Waals surface area contributed by atoms with Crippen molar-refractivity contribution in [3.05, 3.63) is 35.4 Å². The highest BCUT2D eigenvalue weighted by atomic mass is 16.5. The molecular weight excluding hydrogens is 186 g/mol. The van der Waals surface area contributed by atoms with Gasteiger partial charge in [-0.15, -0.1) is 0 Å². The Kier molecular flexibility index (Phi) is 3.07. The minimum Gasteiger partial charge on any atom is -0.489 e. The van der Waals surface area contributed by atoms with Crippen molar-refractivity contribution in [1.29, 1.82) is 0 Å². The van der Waals surface area contributed by atoms with Crippen LogP contribution in [0.2, 0.25) is 0 Å². The van der Waals surface area contributed by atoms with Crippen LogP contribution in [0.3, 0.4) is 0 Å². The van der Waals surface area contributed by atoms with E-state index in [9.17, 15) is 0 Å². The first-order valence-electron chi connectivity index (χ1n) is 5.46. The molecule has 1 aromatic carbocycles. The van der Waals surface area contributed by atoms with Gasteiger partial charge in [-0.25, -0.2) is 0 Å². The second-order valence-electron chi connectivity index (χ2n) is 4.00. The second-order valence-corrected chi connectivity index (χ2v) is 4.00. The van der Waals surface area contributed by atoms with E-state index < -0.39 is 0 Å². The molecule has 2 nitrogen and oxygen atoms in total. The number of fused-ring (bicyclic) bond motifs is 1. The van der Waals surface area contributed by atoms with Crippen LogP contribution in [0.4, 0.5) is 0 Å². The van der Waals surface area contributed by atoms with E-state index in [1.54, 1.807) is 0 Å². The second kappa shape index (κ2) is 4.49. The minimum absolute atomic E-state index is 0.255. The van der Waals surface area contributed by atoms with Gasteiger partial charge in [-0.2, -0.15) is 0 Å². The number of ether oxygens (including phenoxy) is 1. The number of hydrogen-bond acceptors (Lipinski definition) is 2. The molecule has 0 radical (unpaired) electrons. The molecule has 0 aliphatic carbocycles. The third-order valence-electron chi connectivity index (χ3n) is 2.74. The van der Waals surface area contributed by atoms with Crippen molar-refractivity contribution in [2.75, 3.05) is 6.61 Å². The molecule has 80 valence electrons. The molecule has 1 heterocycles. The number of nitrogens with two attached hydrogens (primary N) is 1. The summed E-state index contributed by atoms with van der Waals surface area (Å²) in [5.41, 5.74) is 8.39. The van der Waals surface area contributed by atoms with Crippen molar-refractivity contribution in [3.8, 4) is 5.75 Å². The maximum Gasteiger partial charge on any atom is 0.127 e. The standard InChI is InChI=1S/C13H17NO/c1-2-12(14)8-10-7-11-5-3-4-6-13(11)15-9-10/h3-7,12H,2,8-9,14H2,1H3. The quantitative estimate of drug-likeness (QED) is 0.819. The zero-order valence-electron chi connectivity index (χ0n) is 9.07. The van der Waals surface area contributed by atoms with Crippen LogP contribution in [0, 0.1) is 0 Å². The Labute approximate surface area is 90.7 Å². The molecule has 0 amide bonds. The molecule has 2 N–H and O–H groups in total. The summed E-state index contributed by atoms with van der Waals surface area (Å²) in [4.78, 5) is 0. The summed E-state index contributed by atoms with van der Waals surface area (Å²) >= 11 is 0. The maximum atomic E-state index is 5.93. The van der Waals surface area contributed by atoms with Crippen molar-refractivity contribution < 1.29 is 4.74 Å². The van der Waals surface area contributed by atoms with Gasteiger partial charge in [-0.1, -0.05) is 25.1 Å². The summed E-state index contributed by atoms with van der Waals surface area (Å²) < 4.78 is 5.66. The van der Waals surface area contributed by atoms with Crippen molar-refractivity contribution in [3.63, 3.8) is 0 Å². The Morgan fingerprint density at radius 1 is 1.40 bits per heavy atom. The van der Waals surface area contributed by atoms with Gasteiger partial charge in [-0.05, 0) is 30.6 Å². The molecule has 15 heavy (non-hydrogen) atoms. The monoisotopic (exact) mass is 203 g/mol. The molecule has 0 saturated carbocycles. The largest absolute Gasteiger partial charge is 0.489 e. The molecule has 0 fully saturated rings. The van der Waals surface area contributed by atoms with Crippen LogP contribution in [-0.4, -0.2) is 12.6 Å². The van der Waals surface area contributed by atoms with E-state index in [0.717, 1.165) is 18.6 Å². The van der Waals surface area contributed by atoms with Gasteiger partial charge in [0.25, 0.3) is 0 Å². The first-order chi connectivity index (χ1) is 7.29. The Bertz CT molecular complexity index is 371. The summed E-state index contributed by atoms with van der Waals surface area (Å²) in [6.07, 6.45) is 4.15. The van der Waals surface area contributed by atoms with Crippen LogP contribution in [-0.2, 0) is 0 Å². The average Bonchev–Trinajstić information content (AvgIpc) is 2.29. The Morgan fingerprint density at radius 3 is 3.00 bits per heavy atom. The van der Waals surface area contributed by atoms with Gasteiger partial charge in [-0.3, -0.25) is 0 Å². The van der Waals surface area contributed by atoms with Crippen molar-refractivity contribution in [1.82, 2.24) is 0 Å². The molecule has 1 aliphatic heterocycles. The molecule has 0 aromatic heterocycles. The Hall–Kier alpha value is -1.28. The fourth-order valence-electron chi connectivity index (χ4n) is 1.76. The molecule has 0 spiro atoms. The normalized spacial score (nSPS) is 16.3. The van der Waals surface area contributed by atoms with Crippen molar-refractivity contribution in [2.45, 2.75) is 25.8 Å². The number of rotatable bonds is 3. The van der Waals surface area contributed by atoms with Crippen LogP contribution in [0.25, 0.3) is 6.08 Å². The summed E-state index contributed by atoms with van der Waals surface area (Å²) in [6.45, 7) is 2.80. The summed E-state index contributed by atoms with van der Waals surface area (Å²) in [5.74, 6) is 0.978. The van der Waals surface area contributed by atoms with E-state index in [1.165, 1.54) is 11.1 Å². The predicted octanol–water partition coefficient (Wildman–Crippen LogP) is 2.59. The molecule has 0 saturated heterocycles. The van der Waals surface area contributed by atoms with Gasteiger partial charge in [0, 0.05) is 11.6 Å². The fraction of sp³-hybridized carbons (Fsp3) is 0.385. The first-order valence-corrected chi connectivity index (χ1v) is 5.46. The lowest BCUT2D eigenvalue weighted by Crippen LogP contribution is -2.21. The van der Waals surface area contributed by atoms with E-state index in [0.29, 0.717) is 6.61 Å². The maximum absolute atomic E-state index is 5.93. The van der Waals surface area contributed by atoms with Gasteiger partial charge in [0.05, 0.1) is 0 Å². The Morgan fingerprint density at radius 2 is 2.20 bits per heavy atom. The Balaban J connectivity index is 2.15. The highest BCUT2D eigenvalue weighted by Gasteiger charge is 2.12. The minimum atomic E-state index is 0.255. The van der Waals surface area contributed by atoms with Gasteiger partial charge in [0.15, 0.2) is 0 Å². The molecule has 2 rings (SSSR count). The first kappa shape index (κ1) is 10.2. The molecule has 1 aliphatic rings. The van der Waals surface area contributed by atoms with E-state index in [2.05, 4.69) is 19.1 Å². The van der Waals surface area contributed by atoms with Gasteiger partial charge in [0.2, 0.25) is 0 Å². The lowest BCUT2D eigenvalue weighted by atomic mass is 10.0. The van der Waals surface area contributed by atoms with Crippen LogP contribution in [0.1, 0.15) is 25.3 Å². The van der Waals surface area contributed by atoms with Gasteiger partial charge in [0.1, 0.15) is 12.4 Å². The SMILES string of the molecule is CCC(N)CC1=Cc2ccccc2OC1. The van der Waals surface area contributed by atoms with Crippen molar-refractivity contribution in [2.24, 2.45) is 5.73 Å². The third-order valence-corrected chi connectivity index (χ3v) is 2.74. The third kappa shape index (κ3) is 2.39. The van der Waals surface area contributed by atoms with E-state index in [-0.39, 0.29) is 6.04 Å². The number of para-hydroxylation sites is 1. The summed E-state index contributed by atoms with van der Waals surface area (Å²) in [7, 11) is 0. The summed E-state index contributed by atoms with van der Waals surface area (Å²) in [5, 5.41) is 0. The smallest absolute Gasteiger partial charge is 0.127 e. The zero-order chi connectivity index (χ0) is 10.7. The van der Waals surface area contributed by atoms with Crippen LogP contribution >= 0.6 is 0 Å². The molecule has 1 atom stereocenters. The predicted molar refractivity (Wildman–Crippen MR) is 62.8 cm³/mol. The topological polar surface area (TPSA) is 35.2 Å². The molecule has 2 heteroatoms. The highest BCUT2D eigenvalue weighted by Crippen LogP contribution is 2.27. The van der Waals surface area contributed by atoms with Crippen molar-refractivity contribution >= 4 is 6.08 Å². The lowest BCUT2D eigenvalue weighted by Gasteiger charge is -2.19. The highest BCUT2D eigenvalue weighted by molar-refractivity contribution is 5.62. The van der Waals surface area contributed by atoms with E-state index in [1.807, 2.05) is 18.2 Å². The lowest BCUT2D eigenvalue weighted by molar-refractivity contribution is 0.339. The van der Waals surface area contributed by atoms with E-state index >= 15 is 0 Å². The summed E-state index contributed by atoms with van der Waals surface area (Å²) in [6, 6.07) is 8.36. The molecule has 0 bridgehead atoms. The number of hydrogen-bond donors (Lipinski definition) is 1. The molecular formula is C13H17NO. The molecule has 1 unspecified atom stereocenters. The molecule has 1 aromatic rings.